The van der Waals surface area contributed by atoms with E-state index in [1.807, 2.05) is 12.1 Å². The van der Waals surface area contributed by atoms with Crippen molar-refractivity contribution in [1.82, 2.24) is 0 Å². The third-order valence-electron chi connectivity index (χ3n) is 4.85. The highest BCUT2D eigenvalue weighted by Gasteiger charge is 2.33. The van der Waals surface area contributed by atoms with E-state index in [0.29, 0.717) is 6.04 Å². The van der Waals surface area contributed by atoms with Crippen LogP contribution in [0.2, 0.25) is 0 Å². The zero-order valence-electron chi connectivity index (χ0n) is 11.8. The average molecular weight is 273 g/mol. The molecule has 0 spiro atoms. The molecule has 3 N–H and O–H groups in total. The number of hydrogen-bond acceptors (Lipinski definition) is 3. The SMILES string of the molecule is N/C(=N\O)c1ccc(N2CCCC3CCCCC32)cc1. The maximum Gasteiger partial charge on any atom is 0.170 e. The first-order chi connectivity index (χ1) is 9.79. The van der Waals surface area contributed by atoms with Crippen molar-refractivity contribution in [2.75, 3.05) is 11.4 Å². The van der Waals surface area contributed by atoms with Gasteiger partial charge in [-0.15, -0.1) is 0 Å². The maximum atomic E-state index is 8.71. The second-order valence-corrected chi connectivity index (χ2v) is 5.98. The lowest BCUT2D eigenvalue weighted by molar-refractivity contribution is 0.244. The molecule has 2 unspecified atom stereocenters. The maximum absolute atomic E-state index is 8.71. The second-order valence-electron chi connectivity index (χ2n) is 5.98. The van der Waals surface area contributed by atoms with Crippen LogP contribution in [0.25, 0.3) is 0 Å². The minimum atomic E-state index is 0.172. The van der Waals surface area contributed by atoms with E-state index in [4.69, 9.17) is 10.9 Å². The third-order valence-corrected chi connectivity index (χ3v) is 4.85. The number of fused-ring (bicyclic) bond motifs is 1. The van der Waals surface area contributed by atoms with E-state index in [1.54, 1.807) is 0 Å². The van der Waals surface area contributed by atoms with Gasteiger partial charge in [0.05, 0.1) is 0 Å². The average Bonchev–Trinajstić information content (AvgIpc) is 2.54. The van der Waals surface area contributed by atoms with Crippen LogP contribution < -0.4 is 10.6 Å². The van der Waals surface area contributed by atoms with Crippen molar-refractivity contribution in [3.05, 3.63) is 29.8 Å². The van der Waals surface area contributed by atoms with E-state index in [-0.39, 0.29) is 5.84 Å². The fourth-order valence-corrected chi connectivity index (χ4v) is 3.83. The smallest absolute Gasteiger partial charge is 0.170 e. The second kappa shape index (κ2) is 5.73. The molecule has 1 aliphatic heterocycles. The molecule has 1 heterocycles. The Kier molecular flexibility index (Phi) is 3.81. The van der Waals surface area contributed by atoms with Crippen LogP contribution >= 0.6 is 0 Å². The van der Waals surface area contributed by atoms with E-state index < -0.39 is 0 Å². The van der Waals surface area contributed by atoms with Gasteiger partial charge in [0.1, 0.15) is 0 Å². The number of hydrogen-bond donors (Lipinski definition) is 2. The standard InChI is InChI=1S/C16H23N3O/c17-16(18-20)13-7-9-14(10-8-13)19-11-3-5-12-4-1-2-6-15(12)19/h7-10,12,15,20H,1-6,11H2,(H2,17,18). The van der Waals surface area contributed by atoms with Gasteiger partial charge < -0.3 is 15.8 Å². The van der Waals surface area contributed by atoms with Gasteiger partial charge in [0, 0.05) is 23.8 Å². The van der Waals surface area contributed by atoms with Crippen LogP contribution in [0, 0.1) is 5.92 Å². The molecule has 0 amide bonds. The van der Waals surface area contributed by atoms with Crippen molar-refractivity contribution >= 4 is 11.5 Å². The van der Waals surface area contributed by atoms with Crippen LogP contribution in [0.1, 0.15) is 44.1 Å². The lowest BCUT2D eigenvalue weighted by Crippen LogP contribution is -2.46. The molecule has 0 radical (unpaired) electrons. The van der Waals surface area contributed by atoms with Crippen LogP contribution in [0.15, 0.2) is 29.4 Å². The summed E-state index contributed by atoms with van der Waals surface area (Å²) in [5.41, 5.74) is 7.66. The van der Waals surface area contributed by atoms with E-state index in [2.05, 4.69) is 22.2 Å². The van der Waals surface area contributed by atoms with Crippen LogP contribution in [0.5, 0.6) is 0 Å². The first kappa shape index (κ1) is 13.3. The molecule has 1 aromatic rings. The van der Waals surface area contributed by atoms with Gasteiger partial charge in [-0.1, -0.05) is 18.0 Å². The molecule has 0 aromatic heterocycles. The van der Waals surface area contributed by atoms with Gasteiger partial charge >= 0.3 is 0 Å². The molecule has 4 nitrogen and oxygen atoms in total. The Bertz CT molecular complexity index is 481. The van der Waals surface area contributed by atoms with Crippen molar-refractivity contribution < 1.29 is 5.21 Å². The van der Waals surface area contributed by atoms with Gasteiger partial charge in [-0.25, -0.2) is 0 Å². The number of benzene rings is 1. The van der Waals surface area contributed by atoms with Crippen molar-refractivity contribution in [2.45, 2.75) is 44.6 Å². The van der Waals surface area contributed by atoms with E-state index in [0.717, 1.165) is 18.0 Å². The molecule has 1 saturated carbocycles. The Balaban J connectivity index is 1.80. The van der Waals surface area contributed by atoms with Crippen molar-refractivity contribution in [2.24, 2.45) is 16.8 Å². The molecular weight excluding hydrogens is 250 g/mol. The largest absolute Gasteiger partial charge is 0.409 e. The van der Waals surface area contributed by atoms with Gasteiger partial charge in [-0.3, -0.25) is 0 Å². The molecule has 1 aromatic carbocycles. The summed E-state index contributed by atoms with van der Waals surface area (Å²) in [7, 11) is 0. The van der Waals surface area contributed by atoms with E-state index >= 15 is 0 Å². The van der Waals surface area contributed by atoms with Crippen molar-refractivity contribution in [1.29, 1.82) is 0 Å². The van der Waals surface area contributed by atoms with Crippen molar-refractivity contribution in [3.8, 4) is 0 Å². The molecule has 3 rings (SSSR count). The summed E-state index contributed by atoms with van der Waals surface area (Å²) < 4.78 is 0. The first-order valence-electron chi connectivity index (χ1n) is 7.64. The summed E-state index contributed by atoms with van der Waals surface area (Å²) in [5.74, 6) is 1.05. The lowest BCUT2D eigenvalue weighted by Gasteiger charge is -2.45. The Morgan fingerprint density at radius 1 is 1.10 bits per heavy atom. The Hall–Kier alpha value is -1.71. The van der Waals surface area contributed by atoms with Gasteiger partial charge in [-0.2, -0.15) is 0 Å². The topological polar surface area (TPSA) is 61.9 Å². The number of piperidine rings is 1. The Morgan fingerprint density at radius 3 is 2.55 bits per heavy atom. The lowest BCUT2D eigenvalue weighted by atomic mass is 9.78. The number of nitrogens with two attached hydrogens (primary N) is 1. The number of rotatable bonds is 2. The summed E-state index contributed by atoms with van der Waals surface area (Å²) in [4.78, 5) is 2.57. The van der Waals surface area contributed by atoms with E-state index in [1.165, 1.54) is 44.2 Å². The molecule has 20 heavy (non-hydrogen) atoms. The number of anilines is 1. The molecule has 2 aliphatic rings. The number of amidine groups is 1. The van der Waals surface area contributed by atoms with Gasteiger partial charge in [-0.05, 0) is 55.9 Å². The number of oxime groups is 1. The minimum Gasteiger partial charge on any atom is -0.409 e. The fourth-order valence-electron chi connectivity index (χ4n) is 3.83. The molecular formula is C16H23N3O. The predicted octanol–water partition coefficient (Wildman–Crippen LogP) is 2.94. The first-order valence-corrected chi connectivity index (χ1v) is 7.64. The Morgan fingerprint density at radius 2 is 1.80 bits per heavy atom. The molecule has 108 valence electrons. The molecule has 4 heteroatoms. The minimum absolute atomic E-state index is 0.172. The van der Waals surface area contributed by atoms with Crippen molar-refractivity contribution in [3.63, 3.8) is 0 Å². The van der Waals surface area contributed by atoms with Crippen LogP contribution in [-0.4, -0.2) is 23.6 Å². The monoisotopic (exact) mass is 273 g/mol. The quantitative estimate of drug-likeness (QED) is 0.377. The van der Waals surface area contributed by atoms with Gasteiger partial charge in [0.2, 0.25) is 0 Å². The van der Waals surface area contributed by atoms with Gasteiger partial charge in [0.25, 0.3) is 0 Å². The summed E-state index contributed by atoms with van der Waals surface area (Å²) in [6.45, 7) is 1.16. The third kappa shape index (κ3) is 2.47. The zero-order chi connectivity index (χ0) is 13.9. The molecule has 0 bridgehead atoms. The van der Waals surface area contributed by atoms with Gasteiger partial charge in [0.15, 0.2) is 5.84 Å². The summed E-state index contributed by atoms with van der Waals surface area (Å²) in [6, 6.07) is 8.80. The summed E-state index contributed by atoms with van der Waals surface area (Å²) in [5, 5.41) is 11.8. The van der Waals surface area contributed by atoms with Crippen LogP contribution in [0.3, 0.4) is 0 Å². The zero-order valence-corrected chi connectivity index (χ0v) is 11.8. The number of nitrogens with zero attached hydrogens (tertiary/aromatic N) is 2. The molecule has 2 fully saturated rings. The molecule has 1 aliphatic carbocycles. The molecule has 2 atom stereocenters. The highest BCUT2D eigenvalue weighted by molar-refractivity contribution is 5.97. The predicted molar refractivity (Wildman–Crippen MR) is 81.3 cm³/mol. The highest BCUT2D eigenvalue weighted by Crippen LogP contribution is 2.37. The summed E-state index contributed by atoms with van der Waals surface area (Å²) in [6.07, 6.45) is 8.17. The van der Waals surface area contributed by atoms with E-state index in [9.17, 15) is 0 Å². The Labute approximate surface area is 120 Å². The molecule has 1 saturated heterocycles. The normalized spacial score (nSPS) is 27.2. The highest BCUT2D eigenvalue weighted by atomic mass is 16.4. The van der Waals surface area contributed by atoms with Crippen LogP contribution in [-0.2, 0) is 0 Å². The van der Waals surface area contributed by atoms with Crippen LogP contribution in [0.4, 0.5) is 5.69 Å². The summed E-state index contributed by atoms with van der Waals surface area (Å²) >= 11 is 0. The fraction of sp³-hybridized carbons (Fsp3) is 0.562.